The molecule has 6 nitrogen and oxygen atoms in total. The molecule has 0 aromatic carbocycles. The van der Waals surface area contributed by atoms with Gasteiger partial charge >= 0.3 is 5.97 Å². The van der Waals surface area contributed by atoms with Gasteiger partial charge in [-0.05, 0) is 18.6 Å². The summed E-state index contributed by atoms with van der Waals surface area (Å²) in [6.07, 6.45) is 2.98. The number of nitrogens with two attached hydrogens (primary N) is 1. The summed E-state index contributed by atoms with van der Waals surface area (Å²) in [5, 5.41) is 4.94. The number of carbonyl (C=O) groups excluding carboxylic acids is 1. The molecule has 1 atom stereocenters. The quantitative estimate of drug-likeness (QED) is 0.612. The Balaban J connectivity index is 2.94. The zero-order valence-electron chi connectivity index (χ0n) is 9.51. The van der Waals surface area contributed by atoms with Gasteiger partial charge in [-0.3, -0.25) is 0 Å². The highest BCUT2D eigenvalue weighted by Gasteiger charge is 2.18. The van der Waals surface area contributed by atoms with Gasteiger partial charge in [-0.25, -0.2) is 23.9 Å². The van der Waals surface area contributed by atoms with Crippen LogP contribution in [0.5, 0.6) is 0 Å². The number of hydrogen-bond donors (Lipinski definition) is 2. The van der Waals surface area contributed by atoms with Gasteiger partial charge in [0.05, 0.1) is 12.2 Å². The molecule has 1 aromatic heterocycles. The minimum absolute atomic E-state index is 0.00824. The van der Waals surface area contributed by atoms with Gasteiger partial charge in [0.25, 0.3) is 0 Å². The summed E-state index contributed by atoms with van der Waals surface area (Å²) in [4.78, 5) is 15.4. The summed E-state index contributed by atoms with van der Waals surface area (Å²) in [6.45, 7) is 2.26. The first-order chi connectivity index (χ1) is 7.96. The highest BCUT2D eigenvalue weighted by atomic mass is 32.2. The summed E-state index contributed by atoms with van der Waals surface area (Å²) in [5.74, 6) is -0.646. The Kier molecular flexibility index (Phi) is 4.59. The summed E-state index contributed by atoms with van der Waals surface area (Å²) in [7, 11) is -3.52. The van der Waals surface area contributed by atoms with E-state index in [4.69, 9.17) is 14.7 Å². The maximum atomic E-state index is 11.7. The lowest BCUT2D eigenvalue weighted by atomic mass is 10.3. The Morgan fingerprint density at radius 2 is 2.35 bits per heavy atom. The summed E-state index contributed by atoms with van der Waals surface area (Å²) in [6, 6.07) is 2.91. The Labute approximate surface area is 100 Å². The van der Waals surface area contributed by atoms with Crippen LogP contribution >= 0.6 is 0 Å². The Bertz CT molecular complexity index is 499. The van der Waals surface area contributed by atoms with E-state index in [1.54, 1.807) is 0 Å². The van der Waals surface area contributed by atoms with Crippen molar-refractivity contribution in [1.29, 1.82) is 4.78 Å². The van der Waals surface area contributed by atoms with E-state index in [0.717, 1.165) is 12.8 Å². The van der Waals surface area contributed by atoms with E-state index in [0.29, 0.717) is 0 Å². The fourth-order valence-corrected chi connectivity index (χ4v) is 1.87. The molecule has 7 heteroatoms. The maximum absolute atomic E-state index is 11.7. The second-order valence-corrected chi connectivity index (χ2v) is 5.03. The second-order valence-electron chi connectivity index (χ2n) is 3.45. The molecule has 0 saturated carbocycles. The van der Waals surface area contributed by atoms with Crippen molar-refractivity contribution in [2.45, 2.75) is 24.8 Å². The molecule has 1 aromatic rings. The Morgan fingerprint density at radius 3 is 2.94 bits per heavy atom. The molecular weight excluding hydrogens is 242 g/mol. The molecule has 0 spiro atoms. The third kappa shape index (κ3) is 3.79. The molecule has 17 heavy (non-hydrogen) atoms. The van der Waals surface area contributed by atoms with Gasteiger partial charge in [0.2, 0.25) is 0 Å². The molecule has 0 aliphatic carbocycles. The molecule has 0 amide bonds. The van der Waals surface area contributed by atoms with E-state index < -0.39 is 15.9 Å². The highest BCUT2D eigenvalue weighted by molar-refractivity contribution is 7.90. The van der Waals surface area contributed by atoms with Crippen LogP contribution in [0.2, 0.25) is 0 Å². The molecule has 0 aliphatic rings. The number of esters is 1. The number of hydrogen-bond acceptors (Lipinski definition) is 5. The van der Waals surface area contributed by atoms with E-state index in [-0.39, 0.29) is 17.2 Å². The molecule has 0 radical (unpaired) electrons. The predicted molar refractivity (Wildman–Crippen MR) is 62.7 cm³/mol. The van der Waals surface area contributed by atoms with Crippen molar-refractivity contribution in [3.8, 4) is 0 Å². The van der Waals surface area contributed by atoms with Crippen molar-refractivity contribution in [2.24, 2.45) is 5.14 Å². The topological polar surface area (TPSA) is 106 Å². The average molecular weight is 257 g/mol. The van der Waals surface area contributed by atoms with Crippen LogP contribution in [-0.2, 0) is 14.7 Å². The first-order valence-electron chi connectivity index (χ1n) is 5.15. The van der Waals surface area contributed by atoms with Crippen molar-refractivity contribution in [2.75, 3.05) is 6.61 Å². The lowest BCUT2D eigenvalue weighted by molar-refractivity contribution is 0.0494. The number of ether oxygens (including phenoxy) is 1. The molecule has 0 saturated heterocycles. The Morgan fingerprint density at radius 1 is 1.65 bits per heavy atom. The SMILES string of the molecule is CCCCOC(=O)c1cccnc1S(=N)(N)=O. The second kappa shape index (κ2) is 5.74. The first-order valence-corrected chi connectivity index (χ1v) is 6.77. The molecule has 94 valence electrons. The number of carbonyl (C=O) groups is 1. The zero-order valence-corrected chi connectivity index (χ0v) is 10.3. The van der Waals surface area contributed by atoms with Gasteiger partial charge < -0.3 is 4.74 Å². The van der Waals surface area contributed by atoms with E-state index in [1.807, 2.05) is 6.92 Å². The van der Waals surface area contributed by atoms with Crippen molar-refractivity contribution in [3.63, 3.8) is 0 Å². The lowest BCUT2D eigenvalue weighted by Crippen LogP contribution is -2.18. The van der Waals surface area contributed by atoms with E-state index in [1.165, 1.54) is 18.3 Å². The molecule has 0 aliphatic heterocycles. The summed E-state index contributed by atoms with van der Waals surface area (Å²) < 4.78 is 23.6. The van der Waals surface area contributed by atoms with Gasteiger partial charge in [-0.15, -0.1) is 0 Å². The van der Waals surface area contributed by atoms with Crippen LogP contribution < -0.4 is 5.14 Å². The van der Waals surface area contributed by atoms with Gasteiger partial charge in [0, 0.05) is 6.20 Å². The van der Waals surface area contributed by atoms with Crippen LogP contribution in [0.15, 0.2) is 23.4 Å². The molecular formula is C10H15N3O3S. The van der Waals surface area contributed by atoms with Crippen molar-refractivity contribution in [3.05, 3.63) is 23.9 Å². The van der Waals surface area contributed by atoms with Crippen LogP contribution in [0, 0.1) is 4.78 Å². The van der Waals surface area contributed by atoms with Crippen LogP contribution in [0.25, 0.3) is 0 Å². The van der Waals surface area contributed by atoms with Crippen LogP contribution in [-0.4, -0.2) is 21.8 Å². The van der Waals surface area contributed by atoms with E-state index >= 15 is 0 Å². The third-order valence-corrected chi connectivity index (χ3v) is 2.91. The lowest BCUT2D eigenvalue weighted by Gasteiger charge is -2.07. The van der Waals surface area contributed by atoms with Gasteiger partial charge in [-0.1, -0.05) is 13.3 Å². The van der Waals surface area contributed by atoms with E-state index in [2.05, 4.69) is 4.98 Å². The number of rotatable bonds is 5. The minimum atomic E-state index is -3.52. The molecule has 0 fully saturated rings. The van der Waals surface area contributed by atoms with Gasteiger partial charge in [0.15, 0.2) is 14.9 Å². The predicted octanol–water partition coefficient (Wildman–Crippen LogP) is 1.32. The molecule has 3 N–H and O–H groups in total. The van der Waals surface area contributed by atoms with Gasteiger partial charge in [-0.2, -0.15) is 0 Å². The van der Waals surface area contributed by atoms with Crippen molar-refractivity contribution < 1.29 is 13.7 Å². The monoisotopic (exact) mass is 257 g/mol. The van der Waals surface area contributed by atoms with E-state index in [9.17, 15) is 9.00 Å². The standard InChI is InChI=1S/C10H15N3O3S/c1-2-3-7-16-10(14)8-5-4-6-13-9(8)17(11,12)15/h4-6H,2-3,7H2,1H3,(H3,11,12,15). The highest BCUT2D eigenvalue weighted by Crippen LogP contribution is 2.12. The number of pyridine rings is 1. The number of aromatic nitrogens is 1. The van der Waals surface area contributed by atoms with Crippen LogP contribution in [0.1, 0.15) is 30.1 Å². The van der Waals surface area contributed by atoms with Gasteiger partial charge in [0.1, 0.15) is 0 Å². The molecule has 1 unspecified atom stereocenters. The number of unbranched alkanes of at least 4 members (excludes halogenated alkanes) is 1. The Hall–Kier alpha value is -1.47. The first kappa shape index (κ1) is 13.6. The summed E-state index contributed by atoms with van der Waals surface area (Å²) in [5.41, 5.74) is -0.00824. The molecule has 1 rings (SSSR count). The van der Waals surface area contributed by atoms with Crippen LogP contribution in [0.3, 0.4) is 0 Å². The third-order valence-electron chi connectivity index (χ3n) is 2.01. The number of nitrogens with zero attached hydrogens (tertiary/aromatic N) is 1. The van der Waals surface area contributed by atoms with Crippen LogP contribution in [0.4, 0.5) is 0 Å². The maximum Gasteiger partial charge on any atom is 0.341 e. The minimum Gasteiger partial charge on any atom is -0.462 e. The molecule has 0 bridgehead atoms. The van der Waals surface area contributed by atoms with Crippen molar-refractivity contribution >= 4 is 15.9 Å². The van der Waals surface area contributed by atoms with Crippen molar-refractivity contribution in [1.82, 2.24) is 4.98 Å². The largest absolute Gasteiger partial charge is 0.462 e. The summed E-state index contributed by atoms with van der Waals surface area (Å²) >= 11 is 0. The normalized spacial score (nSPS) is 14.0. The smallest absolute Gasteiger partial charge is 0.341 e. The average Bonchev–Trinajstić information content (AvgIpc) is 2.28. The molecule has 1 heterocycles. The zero-order chi connectivity index (χ0) is 12.9. The fraction of sp³-hybridized carbons (Fsp3) is 0.400. The number of nitrogens with one attached hydrogen (secondary N) is 1. The fourth-order valence-electron chi connectivity index (χ4n) is 1.17.